The van der Waals surface area contributed by atoms with Gasteiger partial charge in [-0.05, 0) is 11.1 Å². The molecule has 13 heavy (non-hydrogen) atoms. The Balaban J connectivity index is 3.18. The summed E-state index contributed by atoms with van der Waals surface area (Å²) in [6.07, 6.45) is 12.3. The van der Waals surface area contributed by atoms with Gasteiger partial charge in [-0.25, -0.2) is 0 Å². The number of rotatable bonds is 2. The smallest absolute Gasteiger partial charge is 0.00167 e. The van der Waals surface area contributed by atoms with E-state index in [9.17, 15) is 0 Å². The minimum atomic E-state index is 0.102. The Hall–Kier alpha value is -1.30. The molecule has 68 valence electrons. The first-order valence-corrected chi connectivity index (χ1v) is 4.47. The maximum atomic E-state index is 3.81. The molecule has 0 N–H and O–H groups in total. The Morgan fingerprint density at radius 3 is 2.31 bits per heavy atom. The van der Waals surface area contributed by atoms with Gasteiger partial charge in [0.05, 0.1) is 0 Å². The molecule has 0 saturated carbocycles. The molecule has 0 aliphatic heterocycles. The predicted molar refractivity (Wildman–Crippen MR) is 59.5 cm³/mol. The van der Waals surface area contributed by atoms with Crippen molar-refractivity contribution in [3.8, 4) is 0 Å². The van der Waals surface area contributed by atoms with Gasteiger partial charge in [0.2, 0.25) is 0 Å². The Kier molecular flexibility index (Phi) is 2.72. The van der Waals surface area contributed by atoms with E-state index in [-0.39, 0.29) is 5.41 Å². The summed E-state index contributed by atoms with van der Waals surface area (Å²) in [5, 5.41) is 0. The Labute approximate surface area is 80.7 Å². The first-order valence-electron chi connectivity index (χ1n) is 4.47. The largest absolute Gasteiger partial charge is 0.0985 e. The van der Waals surface area contributed by atoms with E-state index < -0.39 is 0 Å². The van der Waals surface area contributed by atoms with Crippen LogP contribution in [0.25, 0.3) is 0 Å². The lowest BCUT2D eigenvalue weighted by Crippen LogP contribution is -2.02. The molecule has 0 atom stereocenters. The second-order valence-corrected chi connectivity index (χ2v) is 3.81. The van der Waals surface area contributed by atoms with Crippen molar-refractivity contribution in [2.75, 3.05) is 0 Å². The van der Waals surface area contributed by atoms with Gasteiger partial charge < -0.3 is 0 Å². The minimum Gasteiger partial charge on any atom is -0.0985 e. The van der Waals surface area contributed by atoms with Crippen LogP contribution in [0.5, 0.6) is 0 Å². The van der Waals surface area contributed by atoms with Crippen molar-refractivity contribution in [1.82, 2.24) is 0 Å². The molecule has 0 heteroatoms. The quantitative estimate of drug-likeness (QED) is 0.594. The van der Waals surface area contributed by atoms with E-state index >= 15 is 0 Å². The van der Waals surface area contributed by atoms with E-state index in [1.54, 1.807) is 0 Å². The molecule has 0 aromatic heterocycles. The van der Waals surface area contributed by atoms with Gasteiger partial charge >= 0.3 is 0 Å². The van der Waals surface area contributed by atoms with E-state index in [4.69, 9.17) is 0 Å². The first kappa shape index (κ1) is 9.79. The van der Waals surface area contributed by atoms with Gasteiger partial charge in [0.1, 0.15) is 0 Å². The normalized spacial score (nSPS) is 19.8. The summed E-state index contributed by atoms with van der Waals surface area (Å²) in [7, 11) is 0. The van der Waals surface area contributed by atoms with E-state index in [2.05, 4.69) is 51.3 Å². The lowest BCUT2D eigenvalue weighted by atomic mass is 9.90. The van der Waals surface area contributed by atoms with Crippen LogP contribution in [0.1, 0.15) is 13.8 Å². The summed E-state index contributed by atoms with van der Waals surface area (Å²) in [6, 6.07) is 0. The van der Waals surface area contributed by atoms with Crippen LogP contribution in [0.3, 0.4) is 0 Å². The maximum absolute atomic E-state index is 3.81. The van der Waals surface area contributed by atoms with Crippen molar-refractivity contribution in [2.45, 2.75) is 13.8 Å². The van der Waals surface area contributed by atoms with Gasteiger partial charge in [-0.1, -0.05) is 63.5 Å². The number of hydrogen-bond donors (Lipinski definition) is 0. The summed E-state index contributed by atoms with van der Waals surface area (Å²) < 4.78 is 0. The van der Waals surface area contributed by atoms with Crippen LogP contribution in [-0.2, 0) is 0 Å². The van der Waals surface area contributed by atoms with Crippen molar-refractivity contribution in [3.63, 3.8) is 0 Å². The van der Waals surface area contributed by atoms with Gasteiger partial charge in [0, 0.05) is 5.41 Å². The minimum absolute atomic E-state index is 0.102. The molecule has 0 saturated heterocycles. The van der Waals surface area contributed by atoms with Crippen LogP contribution >= 0.6 is 0 Å². The summed E-state index contributed by atoms with van der Waals surface area (Å²) in [6.45, 7) is 11.9. The molecule has 0 spiro atoms. The average molecular weight is 172 g/mol. The van der Waals surface area contributed by atoms with Crippen LogP contribution in [0.4, 0.5) is 0 Å². The third-order valence-corrected chi connectivity index (χ3v) is 2.10. The SMILES string of the molecule is C=CC1=CC=CC(C)(C)C=C1C=C. The zero-order valence-electron chi connectivity index (χ0n) is 8.38. The summed E-state index contributed by atoms with van der Waals surface area (Å²) in [4.78, 5) is 0. The van der Waals surface area contributed by atoms with Crippen molar-refractivity contribution in [2.24, 2.45) is 5.41 Å². The third-order valence-electron chi connectivity index (χ3n) is 2.10. The van der Waals surface area contributed by atoms with E-state index in [1.165, 1.54) is 0 Å². The van der Waals surface area contributed by atoms with Crippen molar-refractivity contribution >= 4 is 0 Å². The molecule has 0 bridgehead atoms. The predicted octanol–water partition coefficient (Wildman–Crippen LogP) is 3.81. The molecule has 1 aliphatic carbocycles. The molecule has 0 nitrogen and oxygen atoms in total. The van der Waals surface area contributed by atoms with E-state index in [0.29, 0.717) is 0 Å². The van der Waals surface area contributed by atoms with Crippen LogP contribution in [0.2, 0.25) is 0 Å². The first-order chi connectivity index (χ1) is 6.09. The molecular formula is C13H16. The van der Waals surface area contributed by atoms with E-state index in [0.717, 1.165) is 11.1 Å². The molecule has 0 radical (unpaired) electrons. The summed E-state index contributed by atoms with van der Waals surface area (Å²) in [5.74, 6) is 0. The molecule has 0 heterocycles. The highest BCUT2D eigenvalue weighted by atomic mass is 14.2. The molecule has 0 aromatic carbocycles. The third kappa shape index (κ3) is 2.32. The lowest BCUT2D eigenvalue weighted by Gasteiger charge is -2.14. The molecular weight excluding hydrogens is 156 g/mol. The van der Waals surface area contributed by atoms with Crippen LogP contribution in [-0.4, -0.2) is 0 Å². The van der Waals surface area contributed by atoms with Crippen LogP contribution < -0.4 is 0 Å². The molecule has 0 amide bonds. The Morgan fingerprint density at radius 1 is 1.15 bits per heavy atom. The Bertz CT molecular complexity index is 309. The second-order valence-electron chi connectivity index (χ2n) is 3.81. The standard InChI is InChI=1S/C13H16/c1-5-11-8-7-9-13(3,4)10-12(11)6-2/h5-10H,1-2H2,3-4H3. The number of allylic oxidation sites excluding steroid dienone is 8. The molecule has 1 rings (SSSR count). The van der Waals surface area contributed by atoms with Crippen molar-refractivity contribution in [3.05, 3.63) is 60.8 Å². The zero-order chi connectivity index (χ0) is 9.90. The van der Waals surface area contributed by atoms with E-state index in [1.807, 2.05) is 12.2 Å². The van der Waals surface area contributed by atoms with Gasteiger partial charge in [-0.15, -0.1) is 0 Å². The van der Waals surface area contributed by atoms with Gasteiger partial charge in [0.25, 0.3) is 0 Å². The van der Waals surface area contributed by atoms with Crippen LogP contribution in [0.15, 0.2) is 60.8 Å². The Morgan fingerprint density at radius 2 is 1.77 bits per heavy atom. The maximum Gasteiger partial charge on any atom is 0.00167 e. The summed E-state index contributed by atoms with van der Waals surface area (Å²) >= 11 is 0. The lowest BCUT2D eigenvalue weighted by molar-refractivity contribution is 0.624. The molecule has 0 fully saturated rings. The van der Waals surface area contributed by atoms with Crippen molar-refractivity contribution in [1.29, 1.82) is 0 Å². The highest BCUT2D eigenvalue weighted by molar-refractivity contribution is 5.49. The van der Waals surface area contributed by atoms with Gasteiger partial charge in [-0.3, -0.25) is 0 Å². The monoisotopic (exact) mass is 172 g/mol. The fourth-order valence-corrected chi connectivity index (χ4v) is 1.39. The molecule has 1 aliphatic rings. The van der Waals surface area contributed by atoms with Crippen molar-refractivity contribution < 1.29 is 0 Å². The second kappa shape index (κ2) is 3.61. The molecule has 0 unspecified atom stereocenters. The topological polar surface area (TPSA) is 0 Å². The molecule has 0 aromatic rings. The summed E-state index contributed by atoms with van der Waals surface area (Å²) in [5.41, 5.74) is 2.40. The van der Waals surface area contributed by atoms with Gasteiger partial charge in [0.15, 0.2) is 0 Å². The fraction of sp³-hybridized carbons (Fsp3) is 0.231. The van der Waals surface area contributed by atoms with Gasteiger partial charge in [-0.2, -0.15) is 0 Å². The highest BCUT2D eigenvalue weighted by Gasteiger charge is 2.13. The highest BCUT2D eigenvalue weighted by Crippen LogP contribution is 2.27. The fourth-order valence-electron chi connectivity index (χ4n) is 1.39. The zero-order valence-corrected chi connectivity index (χ0v) is 8.38. The van der Waals surface area contributed by atoms with Crippen LogP contribution in [0, 0.1) is 5.41 Å². The number of hydrogen-bond acceptors (Lipinski definition) is 0. The average Bonchev–Trinajstić information content (AvgIpc) is 2.22.